The number of methoxy groups -OCH3 is 1. The van der Waals surface area contributed by atoms with Crippen LogP contribution in [0.1, 0.15) is 15.9 Å². The van der Waals surface area contributed by atoms with Gasteiger partial charge >= 0.3 is 0 Å². The van der Waals surface area contributed by atoms with Crippen LogP contribution < -0.4 is 10.6 Å². The number of amides is 2. The van der Waals surface area contributed by atoms with E-state index in [0.717, 1.165) is 0 Å². The lowest BCUT2D eigenvalue weighted by molar-refractivity contribution is -0.115. The maximum atomic E-state index is 12.9. The number of benzene rings is 2. The van der Waals surface area contributed by atoms with E-state index in [4.69, 9.17) is 4.74 Å². The summed E-state index contributed by atoms with van der Waals surface area (Å²) in [6, 6.07) is 12.5. The highest BCUT2D eigenvalue weighted by Gasteiger charge is 2.13. The number of nitrogens with one attached hydrogen (secondary N) is 2. The van der Waals surface area contributed by atoms with E-state index in [-0.39, 0.29) is 24.1 Å². The lowest BCUT2D eigenvalue weighted by atomic mass is 10.1. The summed E-state index contributed by atoms with van der Waals surface area (Å²) in [5.41, 5.74) is 1.50. The summed E-state index contributed by atoms with van der Waals surface area (Å²) < 4.78 is 17.8. The van der Waals surface area contributed by atoms with E-state index >= 15 is 0 Å². The van der Waals surface area contributed by atoms with Crippen LogP contribution in [0.5, 0.6) is 0 Å². The average molecular weight is 330 g/mol. The Morgan fingerprint density at radius 1 is 1.08 bits per heavy atom. The minimum absolute atomic E-state index is 0.0971. The fourth-order valence-corrected chi connectivity index (χ4v) is 2.13. The van der Waals surface area contributed by atoms with Crippen molar-refractivity contribution in [3.63, 3.8) is 0 Å². The Balaban J connectivity index is 2.02. The largest absolute Gasteiger partial charge is 0.383 e. The molecule has 0 spiro atoms. The number of ether oxygens (including phenoxy) is 1. The second-order valence-corrected chi connectivity index (χ2v) is 5.15. The van der Waals surface area contributed by atoms with E-state index in [1.54, 1.807) is 43.5 Å². The number of hydrogen-bond acceptors (Lipinski definition) is 3. The van der Waals surface area contributed by atoms with Gasteiger partial charge in [-0.25, -0.2) is 4.39 Å². The SMILES string of the molecule is COCCNC(=O)c1ccccc1NC(=O)Cc1ccc(F)cc1. The highest BCUT2D eigenvalue weighted by molar-refractivity contribution is 6.04. The molecule has 126 valence electrons. The smallest absolute Gasteiger partial charge is 0.253 e. The summed E-state index contributed by atoms with van der Waals surface area (Å²) in [7, 11) is 1.55. The first kappa shape index (κ1) is 17.6. The number of para-hydroxylation sites is 1. The summed E-state index contributed by atoms with van der Waals surface area (Å²) in [5, 5.41) is 5.43. The first-order valence-electron chi connectivity index (χ1n) is 7.50. The van der Waals surface area contributed by atoms with Gasteiger partial charge in [0.15, 0.2) is 0 Å². The molecule has 0 saturated carbocycles. The molecule has 0 aromatic heterocycles. The van der Waals surface area contributed by atoms with Crippen LogP contribution in [0.2, 0.25) is 0 Å². The minimum Gasteiger partial charge on any atom is -0.383 e. The molecule has 0 aliphatic carbocycles. The normalized spacial score (nSPS) is 10.2. The molecule has 0 saturated heterocycles. The summed E-state index contributed by atoms with van der Waals surface area (Å²) in [6.07, 6.45) is 0.0971. The molecule has 0 heterocycles. The molecule has 2 amide bonds. The van der Waals surface area contributed by atoms with Gasteiger partial charge in [-0.3, -0.25) is 9.59 Å². The van der Waals surface area contributed by atoms with E-state index in [0.29, 0.717) is 30.0 Å². The first-order chi connectivity index (χ1) is 11.6. The van der Waals surface area contributed by atoms with Gasteiger partial charge in [0.05, 0.1) is 24.3 Å². The zero-order valence-corrected chi connectivity index (χ0v) is 13.3. The lowest BCUT2D eigenvalue weighted by Crippen LogP contribution is -2.28. The molecule has 0 atom stereocenters. The second-order valence-electron chi connectivity index (χ2n) is 5.15. The molecule has 2 aromatic carbocycles. The fraction of sp³-hybridized carbons (Fsp3) is 0.222. The Kier molecular flexibility index (Phi) is 6.45. The molecule has 0 aliphatic rings. The van der Waals surface area contributed by atoms with Crippen LogP contribution in [0, 0.1) is 5.82 Å². The maximum absolute atomic E-state index is 12.9. The van der Waals surface area contributed by atoms with Gasteiger partial charge in [0, 0.05) is 13.7 Å². The predicted octanol–water partition coefficient (Wildman–Crippen LogP) is 2.38. The van der Waals surface area contributed by atoms with Crippen LogP contribution in [0.4, 0.5) is 10.1 Å². The van der Waals surface area contributed by atoms with Crippen LogP contribution in [-0.2, 0) is 16.0 Å². The number of carbonyl (C=O) groups is 2. The van der Waals surface area contributed by atoms with Gasteiger partial charge in [-0.1, -0.05) is 24.3 Å². The van der Waals surface area contributed by atoms with E-state index in [1.807, 2.05) is 0 Å². The Hall–Kier alpha value is -2.73. The van der Waals surface area contributed by atoms with Crippen molar-refractivity contribution in [2.75, 3.05) is 25.6 Å². The van der Waals surface area contributed by atoms with Crippen molar-refractivity contribution < 1.29 is 18.7 Å². The van der Waals surface area contributed by atoms with Gasteiger partial charge in [0.25, 0.3) is 5.91 Å². The van der Waals surface area contributed by atoms with Gasteiger partial charge in [-0.05, 0) is 29.8 Å². The van der Waals surface area contributed by atoms with Gasteiger partial charge in [-0.15, -0.1) is 0 Å². The Labute approximate surface area is 139 Å². The van der Waals surface area contributed by atoms with Gasteiger partial charge in [-0.2, -0.15) is 0 Å². The summed E-state index contributed by atoms with van der Waals surface area (Å²) in [4.78, 5) is 24.3. The fourth-order valence-electron chi connectivity index (χ4n) is 2.13. The molecule has 6 heteroatoms. The Bertz CT molecular complexity index is 702. The van der Waals surface area contributed by atoms with Crippen molar-refractivity contribution in [1.82, 2.24) is 5.32 Å². The van der Waals surface area contributed by atoms with E-state index in [9.17, 15) is 14.0 Å². The standard InChI is InChI=1S/C18H19FN2O3/c1-24-11-10-20-18(23)15-4-2-3-5-16(15)21-17(22)12-13-6-8-14(19)9-7-13/h2-9H,10-12H2,1H3,(H,20,23)(H,21,22). The summed E-state index contributed by atoms with van der Waals surface area (Å²) >= 11 is 0. The minimum atomic E-state index is -0.350. The average Bonchev–Trinajstić information content (AvgIpc) is 2.57. The number of halogens is 1. The van der Waals surface area contributed by atoms with Gasteiger partial charge in [0.2, 0.25) is 5.91 Å². The van der Waals surface area contributed by atoms with E-state index in [2.05, 4.69) is 10.6 Å². The molecular weight excluding hydrogens is 311 g/mol. The maximum Gasteiger partial charge on any atom is 0.253 e. The molecule has 2 rings (SSSR count). The molecule has 24 heavy (non-hydrogen) atoms. The highest BCUT2D eigenvalue weighted by Crippen LogP contribution is 2.15. The van der Waals surface area contributed by atoms with Crippen molar-refractivity contribution in [2.24, 2.45) is 0 Å². The lowest BCUT2D eigenvalue weighted by Gasteiger charge is -2.11. The van der Waals surface area contributed by atoms with E-state index in [1.165, 1.54) is 12.1 Å². The summed E-state index contributed by atoms with van der Waals surface area (Å²) in [6.45, 7) is 0.790. The molecule has 5 nitrogen and oxygen atoms in total. The third-order valence-corrected chi connectivity index (χ3v) is 3.32. The number of carbonyl (C=O) groups excluding carboxylic acids is 2. The van der Waals surface area contributed by atoms with Crippen LogP contribution in [-0.4, -0.2) is 32.1 Å². The predicted molar refractivity (Wildman–Crippen MR) is 89.4 cm³/mol. The number of rotatable bonds is 7. The molecule has 2 N–H and O–H groups in total. The van der Waals surface area contributed by atoms with Crippen LogP contribution in [0.25, 0.3) is 0 Å². The Morgan fingerprint density at radius 3 is 2.50 bits per heavy atom. The molecule has 0 bridgehead atoms. The third kappa shape index (κ3) is 5.17. The first-order valence-corrected chi connectivity index (χ1v) is 7.50. The van der Waals surface area contributed by atoms with E-state index < -0.39 is 0 Å². The quantitative estimate of drug-likeness (QED) is 0.766. The van der Waals surface area contributed by atoms with Crippen LogP contribution in [0.3, 0.4) is 0 Å². The molecular formula is C18H19FN2O3. The second kappa shape index (κ2) is 8.79. The zero-order valence-electron chi connectivity index (χ0n) is 13.3. The monoisotopic (exact) mass is 330 g/mol. The van der Waals surface area contributed by atoms with Crippen molar-refractivity contribution in [3.05, 3.63) is 65.5 Å². The molecule has 0 fully saturated rings. The zero-order chi connectivity index (χ0) is 17.4. The van der Waals surface area contributed by atoms with Crippen molar-refractivity contribution in [2.45, 2.75) is 6.42 Å². The topological polar surface area (TPSA) is 67.4 Å². The van der Waals surface area contributed by atoms with Gasteiger partial charge in [0.1, 0.15) is 5.82 Å². The molecule has 0 aliphatic heterocycles. The summed E-state index contributed by atoms with van der Waals surface area (Å²) in [5.74, 6) is -0.916. The third-order valence-electron chi connectivity index (χ3n) is 3.32. The highest BCUT2D eigenvalue weighted by atomic mass is 19.1. The van der Waals surface area contributed by atoms with Crippen LogP contribution in [0.15, 0.2) is 48.5 Å². The molecule has 2 aromatic rings. The van der Waals surface area contributed by atoms with Crippen LogP contribution >= 0.6 is 0 Å². The molecule has 0 radical (unpaired) electrons. The van der Waals surface area contributed by atoms with Gasteiger partial charge < -0.3 is 15.4 Å². The van der Waals surface area contributed by atoms with Crippen molar-refractivity contribution in [1.29, 1.82) is 0 Å². The number of hydrogen-bond donors (Lipinski definition) is 2. The number of anilines is 1. The Morgan fingerprint density at radius 2 is 1.79 bits per heavy atom. The molecule has 0 unspecified atom stereocenters. The van der Waals surface area contributed by atoms with Crippen molar-refractivity contribution in [3.8, 4) is 0 Å². The van der Waals surface area contributed by atoms with Crippen molar-refractivity contribution >= 4 is 17.5 Å².